The Balaban J connectivity index is 1.45. The number of hydrogen-bond acceptors (Lipinski definition) is 5. The molecule has 1 amide bonds. The molecule has 6 heteroatoms. The average Bonchev–Trinajstić information content (AvgIpc) is 3.21. The third kappa shape index (κ3) is 4.11. The van der Waals surface area contributed by atoms with Gasteiger partial charge in [-0.3, -0.25) is 4.79 Å². The first-order chi connectivity index (χ1) is 14.1. The lowest BCUT2D eigenvalue weighted by molar-refractivity contribution is -0.116. The van der Waals surface area contributed by atoms with Crippen molar-refractivity contribution in [3.8, 4) is 17.1 Å². The number of rotatable bonds is 6. The summed E-state index contributed by atoms with van der Waals surface area (Å²) in [6, 6.07) is 19.7. The van der Waals surface area contributed by atoms with Crippen LogP contribution in [-0.2, 0) is 11.2 Å². The van der Waals surface area contributed by atoms with E-state index in [0.717, 1.165) is 21.9 Å². The minimum atomic E-state index is -0.140. The van der Waals surface area contributed by atoms with E-state index in [1.165, 1.54) is 0 Å². The molecule has 146 valence electrons. The van der Waals surface area contributed by atoms with Gasteiger partial charge in [0.25, 0.3) is 0 Å². The van der Waals surface area contributed by atoms with E-state index < -0.39 is 0 Å². The van der Waals surface area contributed by atoms with E-state index in [-0.39, 0.29) is 12.3 Å². The summed E-state index contributed by atoms with van der Waals surface area (Å²) in [5.41, 5.74) is 2.60. The van der Waals surface area contributed by atoms with Crippen molar-refractivity contribution in [2.45, 2.75) is 19.8 Å². The summed E-state index contributed by atoms with van der Waals surface area (Å²) in [5, 5.41) is 9.16. The van der Waals surface area contributed by atoms with Gasteiger partial charge in [-0.25, -0.2) is 0 Å². The first-order valence-electron chi connectivity index (χ1n) is 9.39. The molecule has 6 nitrogen and oxygen atoms in total. The monoisotopic (exact) mass is 387 g/mol. The van der Waals surface area contributed by atoms with Gasteiger partial charge in [0, 0.05) is 18.4 Å². The number of carbonyl (C=O) groups is 1. The summed E-state index contributed by atoms with van der Waals surface area (Å²) in [5.74, 6) is 1.44. The number of amides is 1. The van der Waals surface area contributed by atoms with Crippen molar-refractivity contribution in [1.82, 2.24) is 10.1 Å². The fraction of sp³-hybridized carbons (Fsp3) is 0.174. The molecular formula is C23H21N3O3. The molecule has 1 N–H and O–H groups in total. The fourth-order valence-electron chi connectivity index (χ4n) is 3.24. The molecule has 0 saturated carbocycles. The van der Waals surface area contributed by atoms with Crippen LogP contribution in [0.4, 0.5) is 5.69 Å². The minimum absolute atomic E-state index is 0.140. The molecule has 4 rings (SSSR count). The van der Waals surface area contributed by atoms with Crippen LogP contribution in [0.1, 0.15) is 17.9 Å². The number of anilines is 1. The van der Waals surface area contributed by atoms with Gasteiger partial charge in [-0.05, 0) is 35.4 Å². The predicted molar refractivity (Wildman–Crippen MR) is 112 cm³/mol. The van der Waals surface area contributed by atoms with E-state index in [2.05, 4.69) is 15.5 Å². The standard InChI is InChI=1S/C23H21N3O3/c1-15-10-11-20(28-2)19(14-15)24-21(27)12-13-22-25-23(26-29-22)18-9-5-7-16-6-3-4-8-17(16)18/h3-11,14H,12-13H2,1-2H3,(H,24,27). The van der Waals surface area contributed by atoms with E-state index >= 15 is 0 Å². The molecule has 0 fully saturated rings. The number of ether oxygens (including phenoxy) is 1. The molecule has 4 aromatic rings. The van der Waals surface area contributed by atoms with Crippen LogP contribution in [0, 0.1) is 6.92 Å². The van der Waals surface area contributed by atoms with Gasteiger partial charge in [0.05, 0.1) is 12.8 Å². The lowest BCUT2D eigenvalue weighted by atomic mass is 10.0. The quantitative estimate of drug-likeness (QED) is 0.515. The maximum absolute atomic E-state index is 12.4. The normalized spacial score (nSPS) is 10.8. The second kappa shape index (κ2) is 8.14. The zero-order chi connectivity index (χ0) is 20.2. The van der Waals surface area contributed by atoms with Crippen LogP contribution < -0.4 is 10.1 Å². The van der Waals surface area contributed by atoms with Crippen molar-refractivity contribution < 1.29 is 14.1 Å². The molecule has 0 bridgehead atoms. The molecule has 0 aliphatic rings. The molecule has 0 atom stereocenters. The van der Waals surface area contributed by atoms with Crippen molar-refractivity contribution in [2.24, 2.45) is 0 Å². The molecule has 1 heterocycles. The highest BCUT2D eigenvalue weighted by atomic mass is 16.5. The van der Waals surface area contributed by atoms with Crippen molar-refractivity contribution in [3.63, 3.8) is 0 Å². The SMILES string of the molecule is COc1ccc(C)cc1NC(=O)CCc1nc(-c2cccc3ccccc23)no1. The summed E-state index contributed by atoms with van der Waals surface area (Å²) < 4.78 is 10.7. The number of benzene rings is 3. The number of nitrogens with zero attached hydrogens (tertiary/aromatic N) is 2. The Kier molecular flexibility index (Phi) is 5.24. The van der Waals surface area contributed by atoms with Crippen LogP contribution in [0.5, 0.6) is 5.75 Å². The Morgan fingerprint density at radius 1 is 1.10 bits per heavy atom. The molecular weight excluding hydrogens is 366 g/mol. The summed E-state index contributed by atoms with van der Waals surface area (Å²) in [6.45, 7) is 1.96. The van der Waals surface area contributed by atoms with Crippen LogP contribution in [0.25, 0.3) is 22.2 Å². The molecule has 0 aliphatic heterocycles. The van der Waals surface area contributed by atoms with Gasteiger partial charge in [0.1, 0.15) is 5.75 Å². The molecule has 0 unspecified atom stereocenters. The summed E-state index contributed by atoms with van der Waals surface area (Å²) in [6.07, 6.45) is 0.589. The van der Waals surface area contributed by atoms with Gasteiger partial charge in [0.15, 0.2) is 0 Å². The topological polar surface area (TPSA) is 77.2 Å². The Hall–Kier alpha value is -3.67. The van der Waals surface area contributed by atoms with Crippen molar-refractivity contribution >= 4 is 22.4 Å². The number of fused-ring (bicyclic) bond motifs is 1. The van der Waals surface area contributed by atoms with Crippen molar-refractivity contribution in [3.05, 3.63) is 72.1 Å². The highest BCUT2D eigenvalue weighted by molar-refractivity contribution is 5.95. The zero-order valence-corrected chi connectivity index (χ0v) is 16.3. The van der Waals surface area contributed by atoms with Crippen LogP contribution in [-0.4, -0.2) is 23.2 Å². The molecule has 0 radical (unpaired) electrons. The van der Waals surface area contributed by atoms with E-state index in [9.17, 15) is 4.79 Å². The maximum Gasteiger partial charge on any atom is 0.227 e. The summed E-state index contributed by atoms with van der Waals surface area (Å²) in [4.78, 5) is 16.8. The minimum Gasteiger partial charge on any atom is -0.495 e. The number of nitrogens with one attached hydrogen (secondary N) is 1. The van der Waals surface area contributed by atoms with Crippen LogP contribution in [0.15, 0.2) is 65.2 Å². The lowest BCUT2D eigenvalue weighted by Gasteiger charge is -2.10. The van der Waals surface area contributed by atoms with Gasteiger partial charge in [0.2, 0.25) is 17.6 Å². The number of hydrogen-bond donors (Lipinski definition) is 1. The van der Waals surface area contributed by atoms with Crippen molar-refractivity contribution in [2.75, 3.05) is 12.4 Å². The Morgan fingerprint density at radius 2 is 1.93 bits per heavy atom. The highest BCUT2D eigenvalue weighted by Crippen LogP contribution is 2.27. The zero-order valence-electron chi connectivity index (χ0n) is 16.3. The molecule has 0 saturated heterocycles. The fourth-order valence-corrected chi connectivity index (χ4v) is 3.24. The van der Waals surface area contributed by atoms with E-state index in [1.54, 1.807) is 7.11 Å². The van der Waals surface area contributed by atoms with Gasteiger partial charge in [-0.15, -0.1) is 0 Å². The number of carbonyl (C=O) groups excluding carboxylic acids is 1. The second-order valence-corrected chi connectivity index (χ2v) is 6.79. The molecule has 0 aliphatic carbocycles. The molecule has 1 aromatic heterocycles. The second-order valence-electron chi connectivity index (χ2n) is 6.79. The number of aryl methyl sites for hydroxylation is 2. The first-order valence-corrected chi connectivity index (χ1v) is 9.39. The van der Waals surface area contributed by atoms with Crippen LogP contribution in [0.3, 0.4) is 0 Å². The van der Waals surface area contributed by atoms with Gasteiger partial charge in [-0.1, -0.05) is 53.7 Å². The first kappa shape index (κ1) is 18.7. The number of methoxy groups -OCH3 is 1. The Bertz CT molecular complexity index is 1160. The molecule has 29 heavy (non-hydrogen) atoms. The lowest BCUT2D eigenvalue weighted by Crippen LogP contribution is -2.13. The van der Waals surface area contributed by atoms with E-state index in [0.29, 0.717) is 29.6 Å². The Morgan fingerprint density at radius 3 is 2.79 bits per heavy atom. The van der Waals surface area contributed by atoms with E-state index in [1.807, 2.05) is 67.6 Å². The predicted octanol–water partition coefficient (Wildman–Crippen LogP) is 4.78. The van der Waals surface area contributed by atoms with Crippen LogP contribution in [0.2, 0.25) is 0 Å². The van der Waals surface area contributed by atoms with Gasteiger partial charge in [-0.2, -0.15) is 4.98 Å². The van der Waals surface area contributed by atoms with Gasteiger partial charge >= 0.3 is 0 Å². The van der Waals surface area contributed by atoms with Crippen LogP contribution >= 0.6 is 0 Å². The van der Waals surface area contributed by atoms with Crippen molar-refractivity contribution in [1.29, 1.82) is 0 Å². The van der Waals surface area contributed by atoms with E-state index in [4.69, 9.17) is 9.26 Å². The highest BCUT2D eigenvalue weighted by Gasteiger charge is 2.14. The number of aromatic nitrogens is 2. The average molecular weight is 387 g/mol. The molecule has 0 spiro atoms. The maximum atomic E-state index is 12.4. The third-order valence-corrected chi connectivity index (χ3v) is 4.69. The summed E-state index contributed by atoms with van der Waals surface area (Å²) >= 11 is 0. The van der Waals surface area contributed by atoms with Gasteiger partial charge < -0.3 is 14.6 Å². The summed E-state index contributed by atoms with van der Waals surface area (Å²) in [7, 11) is 1.58. The Labute approximate surface area is 168 Å². The smallest absolute Gasteiger partial charge is 0.227 e. The third-order valence-electron chi connectivity index (χ3n) is 4.69. The largest absolute Gasteiger partial charge is 0.495 e. The molecule has 3 aromatic carbocycles.